The second kappa shape index (κ2) is 7.98. The molecule has 2 aromatic carbocycles. The Balaban J connectivity index is 2.08. The minimum Gasteiger partial charge on any atom is -0.352 e. The zero-order valence-electron chi connectivity index (χ0n) is 12.8. The van der Waals surface area contributed by atoms with Crippen LogP contribution in [0.15, 0.2) is 47.4 Å². The van der Waals surface area contributed by atoms with Gasteiger partial charge < -0.3 is 5.32 Å². The molecule has 0 atom stereocenters. The number of carbonyl (C=O) groups excluding carboxylic acids is 1. The maximum Gasteiger partial charge on any atom is 0.252 e. The first-order chi connectivity index (χ1) is 11.3. The van der Waals surface area contributed by atoms with Crippen molar-refractivity contribution in [1.29, 1.82) is 0 Å². The van der Waals surface area contributed by atoms with Gasteiger partial charge in [-0.1, -0.05) is 35.3 Å². The third kappa shape index (κ3) is 4.70. The number of nitrogens with one attached hydrogen (secondary N) is 2. The summed E-state index contributed by atoms with van der Waals surface area (Å²) in [4.78, 5) is 12.2. The maximum atomic E-state index is 12.3. The van der Waals surface area contributed by atoms with Gasteiger partial charge in [-0.15, -0.1) is 0 Å². The first-order valence-electron chi connectivity index (χ1n) is 7.09. The molecule has 128 valence electrons. The number of hydrogen-bond donors (Lipinski definition) is 2. The lowest BCUT2D eigenvalue weighted by Gasteiger charge is -2.09. The topological polar surface area (TPSA) is 75.3 Å². The summed E-state index contributed by atoms with van der Waals surface area (Å²) in [6, 6.07) is 11.3. The predicted molar refractivity (Wildman–Crippen MR) is 95.2 cm³/mol. The molecule has 24 heavy (non-hydrogen) atoms. The van der Waals surface area contributed by atoms with Crippen molar-refractivity contribution in [2.45, 2.75) is 11.3 Å². The molecule has 2 rings (SSSR count). The van der Waals surface area contributed by atoms with Crippen LogP contribution in [0.3, 0.4) is 0 Å². The summed E-state index contributed by atoms with van der Waals surface area (Å²) in [6.45, 7) is 0.374. The molecule has 0 saturated carbocycles. The van der Waals surface area contributed by atoms with E-state index >= 15 is 0 Å². The van der Waals surface area contributed by atoms with E-state index < -0.39 is 15.9 Å². The van der Waals surface area contributed by atoms with Crippen LogP contribution in [0.1, 0.15) is 15.9 Å². The van der Waals surface area contributed by atoms with Gasteiger partial charge in [0, 0.05) is 11.6 Å². The Bertz CT molecular complexity index is 854. The van der Waals surface area contributed by atoms with Crippen molar-refractivity contribution in [3.05, 3.63) is 63.6 Å². The molecule has 0 aliphatic heterocycles. The number of amides is 1. The predicted octanol–water partition coefficient (Wildman–Crippen LogP) is 2.87. The van der Waals surface area contributed by atoms with Gasteiger partial charge in [0.05, 0.1) is 15.5 Å². The number of carbonyl (C=O) groups is 1. The molecule has 0 saturated heterocycles. The largest absolute Gasteiger partial charge is 0.352 e. The van der Waals surface area contributed by atoms with Crippen molar-refractivity contribution in [2.24, 2.45) is 0 Å². The summed E-state index contributed by atoms with van der Waals surface area (Å²) in [5, 5.41) is 3.54. The van der Waals surface area contributed by atoms with E-state index in [9.17, 15) is 13.2 Å². The van der Waals surface area contributed by atoms with Gasteiger partial charge in [0.15, 0.2) is 0 Å². The van der Waals surface area contributed by atoms with Crippen LogP contribution < -0.4 is 10.0 Å². The van der Waals surface area contributed by atoms with Gasteiger partial charge in [0.2, 0.25) is 10.0 Å². The van der Waals surface area contributed by atoms with E-state index in [-0.39, 0.29) is 15.5 Å². The van der Waals surface area contributed by atoms with E-state index in [1.807, 2.05) is 18.2 Å². The van der Waals surface area contributed by atoms with Crippen LogP contribution in [-0.2, 0) is 16.4 Å². The molecule has 0 aliphatic rings. The van der Waals surface area contributed by atoms with Crippen molar-refractivity contribution < 1.29 is 13.2 Å². The fourth-order valence-corrected chi connectivity index (χ4v) is 3.24. The minimum atomic E-state index is -3.64. The summed E-state index contributed by atoms with van der Waals surface area (Å²) >= 11 is 11.9. The molecule has 0 aromatic heterocycles. The van der Waals surface area contributed by atoms with Gasteiger partial charge in [0.25, 0.3) is 5.91 Å². The van der Waals surface area contributed by atoms with Gasteiger partial charge in [-0.3, -0.25) is 4.79 Å². The second-order valence-electron chi connectivity index (χ2n) is 4.99. The van der Waals surface area contributed by atoms with Crippen molar-refractivity contribution in [3.63, 3.8) is 0 Å². The first-order valence-corrected chi connectivity index (χ1v) is 9.33. The molecule has 0 fully saturated rings. The summed E-state index contributed by atoms with van der Waals surface area (Å²) in [6.07, 6.45) is 0.596. The lowest BCUT2D eigenvalue weighted by molar-refractivity contribution is 0.0954. The molecule has 2 N–H and O–H groups in total. The van der Waals surface area contributed by atoms with Crippen LogP contribution in [0.2, 0.25) is 10.0 Å². The summed E-state index contributed by atoms with van der Waals surface area (Å²) in [5.74, 6) is -0.435. The first kappa shape index (κ1) is 18.7. The Labute approximate surface area is 151 Å². The lowest BCUT2D eigenvalue weighted by Crippen LogP contribution is -2.26. The Kier molecular flexibility index (Phi) is 6.23. The summed E-state index contributed by atoms with van der Waals surface area (Å²) < 4.78 is 25.8. The zero-order valence-corrected chi connectivity index (χ0v) is 15.2. The summed E-state index contributed by atoms with van der Waals surface area (Å²) in [5.41, 5.74) is 1.10. The molecule has 5 nitrogen and oxygen atoms in total. The fraction of sp³-hybridized carbons (Fsp3) is 0.188. The SMILES string of the molecule is CNS(=O)(=O)c1ccc(Cl)c(C(=O)NCCc2cccc(Cl)c2)c1. The van der Waals surface area contributed by atoms with Crippen LogP contribution in [0.5, 0.6) is 0 Å². The van der Waals surface area contributed by atoms with Crippen molar-refractivity contribution >= 4 is 39.1 Å². The Morgan fingerprint density at radius 1 is 1.12 bits per heavy atom. The number of rotatable bonds is 6. The third-order valence-corrected chi connectivity index (χ3v) is 5.33. The molecule has 0 radical (unpaired) electrons. The average Bonchev–Trinajstić information content (AvgIpc) is 2.55. The molecular formula is C16H16Cl2N2O3S. The molecule has 0 unspecified atom stereocenters. The smallest absolute Gasteiger partial charge is 0.252 e. The van der Waals surface area contributed by atoms with E-state index in [2.05, 4.69) is 10.0 Å². The number of halogens is 2. The fourth-order valence-electron chi connectivity index (χ4n) is 2.07. The molecule has 0 bridgehead atoms. The molecule has 2 aromatic rings. The quantitative estimate of drug-likeness (QED) is 0.801. The molecule has 0 aliphatic carbocycles. The Morgan fingerprint density at radius 2 is 1.88 bits per heavy atom. The van der Waals surface area contributed by atoms with Gasteiger partial charge in [0.1, 0.15) is 0 Å². The maximum absolute atomic E-state index is 12.3. The van der Waals surface area contributed by atoms with Gasteiger partial charge in [-0.05, 0) is 49.4 Å². The van der Waals surface area contributed by atoms with Gasteiger partial charge in [-0.2, -0.15) is 0 Å². The second-order valence-corrected chi connectivity index (χ2v) is 7.72. The third-order valence-electron chi connectivity index (χ3n) is 3.35. The average molecular weight is 387 g/mol. The molecule has 0 spiro atoms. The van der Waals surface area contributed by atoms with E-state index in [1.165, 1.54) is 25.2 Å². The van der Waals surface area contributed by atoms with E-state index in [0.29, 0.717) is 18.0 Å². The van der Waals surface area contributed by atoms with Crippen LogP contribution in [0, 0.1) is 0 Å². The van der Waals surface area contributed by atoms with E-state index in [0.717, 1.165) is 5.56 Å². The highest BCUT2D eigenvalue weighted by atomic mass is 35.5. The number of benzene rings is 2. The normalized spacial score (nSPS) is 11.3. The van der Waals surface area contributed by atoms with Crippen LogP contribution in [-0.4, -0.2) is 27.9 Å². The Morgan fingerprint density at radius 3 is 2.54 bits per heavy atom. The summed E-state index contributed by atoms with van der Waals surface area (Å²) in [7, 11) is -2.34. The van der Waals surface area contributed by atoms with Crippen LogP contribution >= 0.6 is 23.2 Å². The Hall–Kier alpha value is -1.60. The van der Waals surface area contributed by atoms with Crippen LogP contribution in [0.4, 0.5) is 0 Å². The monoisotopic (exact) mass is 386 g/mol. The standard InChI is InChI=1S/C16H16Cl2N2O3S/c1-19-24(22,23)13-5-6-15(18)14(10-13)16(21)20-8-7-11-3-2-4-12(17)9-11/h2-6,9-10,19H,7-8H2,1H3,(H,20,21). The molecular weight excluding hydrogens is 371 g/mol. The molecule has 1 amide bonds. The highest BCUT2D eigenvalue weighted by Gasteiger charge is 2.17. The van der Waals surface area contributed by atoms with Crippen molar-refractivity contribution in [1.82, 2.24) is 10.0 Å². The van der Waals surface area contributed by atoms with Crippen molar-refractivity contribution in [3.8, 4) is 0 Å². The zero-order chi connectivity index (χ0) is 17.7. The molecule has 0 heterocycles. The molecule has 8 heteroatoms. The van der Waals surface area contributed by atoms with E-state index in [1.54, 1.807) is 6.07 Å². The van der Waals surface area contributed by atoms with Crippen molar-refractivity contribution in [2.75, 3.05) is 13.6 Å². The number of hydrogen-bond acceptors (Lipinski definition) is 3. The van der Waals surface area contributed by atoms with E-state index in [4.69, 9.17) is 23.2 Å². The highest BCUT2D eigenvalue weighted by molar-refractivity contribution is 7.89. The lowest BCUT2D eigenvalue weighted by atomic mass is 10.1. The minimum absolute atomic E-state index is 0.0191. The number of sulfonamides is 1. The van der Waals surface area contributed by atoms with Gasteiger partial charge >= 0.3 is 0 Å². The van der Waals surface area contributed by atoms with Crippen LogP contribution in [0.25, 0.3) is 0 Å². The highest BCUT2D eigenvalue weighted by Crippen LogP contribution is 2.20. The van der Waals surface area contributed by atoms with Gasteiger partial charge in [-0.25, -0.2) is 13.1 Å².